The minimum Gasteiger partial charge on any atom is -0.369 e. The van der Waals surface area contributed by atoms with E-state index in [0.29, 0.717) is 11.9 Å². The maximum absolute atomic E-state index is 6.03. The molecule has 1 aromatic rings. The zero-order valence-electron chi connectivity index (χ0n) is 11.5. The summed E-state index contributed by atoms with van der Waals surface area (Å²) in [6, 6.07) is 6.48. The van der Waals surface area contributed by atoms with Crippen LogP contribution in [0, 0.1) is 0 Å². The Labute approximate surface area is 121 Å². The van der Waals surface area contributed by atoms with Gasteiger partial charge in [0.15, 0.2) is 0 Å². The molecular weight excluding hydrogens is 265 g/mol. The van der Waals surface area contributed by atoms with Crippen molar-refractivity contribution in [3.05, 3.63) is 28.8 Å². The summed E-state index contributed by atoms with van der Waals surface area (Å²) >= 11 is 12.1. The van der Waals surface area contributed by atoms with Gasteiger partial charge in [0, 0.05) is 29.2 Å². The molecule has 102 valence electrons. The van der Waals surface area contributed by atoms with Crippen molar-refractivity contribution in [3.8, 4) is 0 Å². The summed E-state index contributed by atoms with van der Waals surface area (Å²) in [4.78, 5) is 2.42. The van der Waals surface area contributed by atoms with Crippen molar-refractivity contribution in [2.24, 2.45) is 0 Å². The number of unbranched alkanes of at least 4 members (excludes halogenated alkanes) is 2. The summed E-state index contributed by atoms with van der Waals surface area (Å²) in [7, 11) is 0. The third-order valence-corrected chi connectivity index (χ3v) is 3.64. The normalized spacial score (nSPS) is 11.0. The number of alkyl halides is 1. The van der Waals surface area contributed by atoms with Gasteiger partial charge in [-0.05, 0) is 44.0 Å². The second-order valence-corrected chi connectivity index (χ2v) is 5.60. The van der Waals surface area contributed by atoms with E-state index in [2.05, 4.69) is 31.7 Å². The molecule has 1 rings (SSSR count). The maximum Gasteiger partial charge on any atom is 0.0495 e. The lowest BCUT2D eigenvalue weighted by Gasteiger charge is -2.31. The highest BCUT2D eigenvalue weighted by Gasteiger charge is 2.14. The van der Waals surface area contributed by atoms with Gasteiger partial charge in [0.25, 0.3) is 0 Å². The molecule has 0 fully saturated rings. The van der Waals surface area contributed by atoms with E-state index in [4.69, 9.17) is 23.2 Å². The van der Waals surface area contributed by atoms with Crippen LogP contribution in [0.2, 0.25) is 5.02 Å². The molecule has 0 N–H and O–H groups in total. The Kier molecular flexibility index (Phi) is 6.88. The highest BCUT2D eigenvalue weighted by molar-refractivity contribution is 6.30. The van der Waals surface area contributed by atoms with Crippen LogP contribution in [-0.2, 0) is 5.88 Å². The van der Waals surface area contributed by atoms with Crippen molar-refractivity contribution < 1.29 is 0 Å². The predicted molar refractivity (Wildman–Crippen MR) is 83.0 cm³/mol. The zero-order chi connectivity index (χ0) is 13.5. The summed E-state index contributed by atoms with van der Waals surface area (Å²) in [5, 5.41) is 0.756. The Bertz CT molecular complexity index is 364. The summed E-state index contributed by atoms with van der Waals surface area (Å²) in [5.74, 6) is 0.507. The quantitative estimate of drug-likeness (QED) is 0.474. The molecule has 0 aliphatic heterocycles. The molecule has 0 spiro atoms. The lowest BCUT2D eigenvalue weighted by atomic mass is 10.1. The number of rotatable bonds is 7. The van der Waals surface area contributed by atoms with E-state index in [9.17, 15) is 0 Å². The second-order valence-electron chi connectivity index (χ2n) is 4.90. The van der Waals surface area contributed by atoms with E-state index in [1.807, 2.05) is 12.1 Å². The minimum atomic E-state index is 0.477. The molecule has 0 unspecified atom stereocenters. The lowest BCUT2D eigenvalue weighted by molar-refractivity contribution is 0.624. The van der Waals surface area contributed by atoms with Crippen molar-refractivity contribution >= 4 is 28.9 Å². The molecule has 3 heteroatoms. The molecule has 0 atom stereocenters. The van der Waals surface area contributed by atoms with E-state index in [0.717, 1.165) is 17.1 Å². The summed E-state index contributed by atoms with van der Waals surface area (Å²) in [6.07, 6.45) is 3.74. The van der Waals surface area contributed by atoms with Crippen molar-refractivity contribution in [1.82, 2.24) is 0 Å². The van der Waals surface area contributed by atoms with E-state index >= 15 is 0 Å². The predicted octanol–water partition coefficient (Wildman–Crippen LogP) is 5.48. The molecule has 0 radical (unpaired) electrons. The van der Waals surface area contributed by atoms with Crippen molar-refractivity contribution in [2.45, 2.75) is 52.0 Å². The summed E-state index contributed by atoms with van der Waals surface area (Å²) < 4.78 is 0. The number of nitrogens with zero attached hydrogens (tertiary/aromatic N) is 1. The fourth-order valence-electron chi connectivity index (χ4n) is 2.13. The van der Waals surface area contributed by atoms with Crippen LogP contribution in [0.15, 0.2) is 18.2 Å². The molecule has 0 amide bonds. The van der Waals surface area contributed by atoms with Gasteiger partial charge in [-0.15, -0.1) is 11.6 Å². The van der Waals surface area contributed by atoms with Crippen LogP contribution >= 0.6 is 23.2 Å². The molecule has 0 bridgehead atoms. The van der Waals surface area contributed by atoms with Gasteiger partial charge in [-0.3, -0.25) is 0 Å². The molecule has 0 saturated heterocycles. The van der Waals surface area contributed by atoms with Crippen LogP contribution in [0.1, 0.15) is 45.6 Å². The van der Waals surface area contributed by atoms with Gasteiger partial charge in [0.1, 0.15) is 0 Å². The Morgan fingerprint density at radius 1 is 1.22 bits per heavy atom. The van der Waals surface area contributed by atoms with Crippen molar-refractivity contribution in [1.29, 1.82) is 0 Å². The van der Waals surface area contributed by atoms with Gasteiger partial charge >= 0.3 is 0 Å². The van der Waals surface area contributed by atoms with E-state index in [1.165, 1.54) is 24.9 Å². The van der Waals surface area contributed by atoms with E-state index in [-0.39, 0.29) is 0 Å². The van der Waals surface area contributed by atoms with Crippen LogP contribution in [0.3, 0.4) is 0 Å². The molecule has 0 aliphatic carbocycles. The van der Waals surface area contributed by atoms with Gasteiger partial charge < -0.3 is 4.90 Å². The first-order valence-corrected chi connectivity index (χ1v) is 7.62. The maximum atomic E-state index is 6.03. The fourth-order valence-corrected chi connectivity index (χ4v) is 2.54. The minimum absolute atomic E-state index is 0.477. The first-order chi connectivity index (χ1) is 8.60. The molecule has 0 aliphatic rings. The van der Waals surface area contributed by atoms with Crippen LogP contribution in [-0.4, -0.2) is 12.6 Å². The van der Waals surface area contributed by atoms with Crippen LogP contribution < -0.4 is 4.90 Å². The molecule has 18 heavy (non-hydrogen) atoms. The molecular formula is C15H23Cl2N. The molecule has 1 nitrogen and oxygen atoms in total. The number of halogens is 2. The highest BCUT2D eigenvalue weighted by Crippen LogP contribution is 2.27. The number of benzene rings is 1. The molecule has 0 saturated carbocycles. The second kappa shape index (κ2) is 7.91. The molecule has 1 aromatic carbocycles. The molecule has 0 aromatic heterocycles. The smallest absolute Gasteiger partial charge is 0.0495 e. The monoisotopic (exact) mass is 287 g/mol. The van der Waals surface area contributed by atoms with Crippen LogP contribution in [0.25, 0.3) is 0 Å². The third-order valence-electron chi connectivity index (χ3n) is 3.12. The third kappa shape index (κ3) is 4.37. The van der Waals surface area contributed by atoms with Gasteiger partial charge in [-0.25, -0.2) is 0 Å². The van der Waals surface area contributed by atoms with Crippen LogP contribution in [0.4, 0.5) is 5.69 Å². The Balaban J connectivity index is 2.90. The summed E-state index contributed by atoms with van der Waals surface area (Å²) in [6.45, 7) is 7.75. The standard InChI is InChI=1S/C15H23Cl2N/c1-4-5-6-9-18(12(2)3)15-8-7-14(17)10-13(15)11-16/h7-8,10,12H,4-6,9,11H2,1-3H3. The van der Waals surface area contributed by atoms with E-state index in [1.54, 1.807) is 0 Å². The number of hydrogen-bond donors (Lipinski definition) is 0. The number of hydrogen-bond acceptors (Lipinski definition) is 1. The van der Waals surface area contributed by atoms with Gasteiger partial charge in [0.2, 0.25) is 0 Å². The lowest BCUT2D eigenvalue weighted by Crippen LogP contribution is -2.32. The highest BCUT2D eigenvalue weighted by atomic mass is 35.5. The van der Waals surface area contributed by atoms with Crippen LogP contribution in [0.5, 0.6) is 0 Å². The largest absolute Gasteiger partial charge is 0.369 e. The topological polar surface area (TPSA) is 3.24 Å². The average molecular weight is 288 g/mol. The van der Waals surface area contributed by atoms with Gasteiger partial charge in [0.05, 0.1) is 0 Å². The first kappa shape index (κ1) is 15.7. The summed E-state index contributed by atoms with van der Waals surface area (Å²) in [5.41, 5.74) is 2.34. The van der Waals surface area contributed by atoms with Crippen molar-refractivity contribution in [3.63, 3.8) is 0 Å². The Hall–Kier alpha value is -0.400. The molecule has 0 heterocycles. The Morgan fingerprint density at radius 2 is 1.94 bits per heavy atom. The fraction of sp³-hybridized carbons (Fsp3) is 0.600. The van der Waals surface area contributed by atoms with Crippen molar-refractivity contribution in [2.75, 3.05) is 11.4 Å². The van der Waals surface area contributed by atoms with Gasteiger partial charge in [-0.1, -0.05) is 31.4 Å². The number of anilines is 1. The van der Waals surface area contributed by atoms with E-state index < -0.39 is 0 Å². The average Bonchev–Trinajstić information content (AvgIpc) is 2.35. The zero-order valence-corrected chi connectivity index (χ0v) is 13.1. The Morgan fingerprint density at radius 3 is 2.50 bits per heavy atom. The van der Waals surface area contributed by atoms with Gasteiger partial charge in [-0.2, -0.15) is 0 Å². The SMILES string of the molecule is CCCCCN(c1ccc(Cl)cc1CCl)C(C)C. The first-order valence-electron chi connectivity index (χ1n) is 6.71.